The summed E-state index contributed by atoms with van der Waals surface area (Å²) in [6.07, 6.45) is 1.12. The number of halogens is 1. The number of thiocarbonyl (C=S) groups is 1. The summed E-state index contributed by atoms with van der Waals surface area (Å²) in [5.41, 5.74) is 5.77. The van der Waals surface area contributed by atoms with Gasteiger partial charge in [0.1, 0.15) is 5.82 Å². The third-order valence-corrected chi connectivity index (χ3v) is 5.64. The SMILES string of the molecule is CC[C@@H]1CN=C(Nc2ccc(/C(C)=N\NC(=S)Nc3ccccc3F)cc2)S1. The smallest absolute Gasteiger partial charge is 0.191 e. The van der Waals surface area contributed by atoms with Crippen molar-refractivity contribution < 1.29 is 4.39 Å². The quantitative estimate of drug-likeness (QED) is 0.371. The van der Waals surface area contributed by atoms with Gasteiger partial charge in [-0.05, 0) is 55.4 Å². The van der Waals surface area contributed by atoms with Gasteiger partial charge in [-0.25, -0.2) is 4.39 Å². The zero-order chi connectivity index (χ0) is 19.9. The van der Waals surface area contributed by atoms with Gasteiger partial charge in [-0.2, -0.15) is 5.10 Å². The summed E-state index contributed by atoms with van der Waals surface area (Å²) in [5, 5.41) is 12.2. The number of amidine groups is 1. The normalized spacial score (nSPS) is 16.5. The molecule has 0 saturated carbocycles. The van der Waals surface area contributed by atoms with Gasteiger partial charge in [0.05, 0.1) is 17.9 Å². The molecule has 0 aromatic heterocycles. The van der Waals surface area contributed by atoms with E-state index in [0.29, 0.717) is 10.9 Å². The number of para-hydroxylation sites is 1. The zero-order valence-corrected chi connectivity index (χ0v) is 17.3. The average Bonchev–Trinajstić information content (AvgIpc) is 3.16. The van der Waals surface area contributed by atoms with E-state index in [4.69, 9.17) is 12.2 Å². The van der Waals surface area contributed by atoms with Gasteiger partial charge in [-0.1, -0.05) is 43.0 Å². The first-order valence-electron chi connectivity index (χ1n) is 8.99. The highest BCUT2D eigenvalue weighted by Gasteiger charge is 2.17. The molecule has 3 rings (SSSR count). The van der Waals surface area contributed by atoms with E-state index >= 15 is 0 Å². The summed E-state index contributed by atoms with van der Waals surface area (Å²) in [6, 6.07) is 14.3. The van der Waals surface area contributed by atoms with Gasteiger partial charge in [-0.15, -0.1) is 0 Å². The second-order valence-corrected chi connectivity index (χ2v) is 7.94. The molecule has 28 heavy (non-hydrogen) atoms. The maximum absolute atomic E-state index is 13.6. The van der Waals surface area contributed by atoms with E-state index in [1.807, 2.05) is 31.2 Å². The minimum Gasteiger partial charge on any atom is -0.335 e. The lowest BCUT2D eigenvalue weighted by atomic mass is 10.1. The van der Waals surface area contributed by atoms with E-state index < -0.39 is 0 Å². The Labute approximate surface area is 173 Å². The maximum Gasteiger partial charge on any atom is 0.191 e. The summed E-state index contributed by atoms with van der Waals surface area (Å²) in [5.74, 6) is -0.370. The zero-order valence-electron chi connectivity index (χ0n) is 15.7. The lowest BCUT2D eigenvalue weighted by Gasteiger charge is -2.10. The van der Waals surface area contributed by atoms with Crippen LogP contribution in [-0.2, 0) is 0 Å². The molecular weight excluding hydrogens is 393 g/mol. The van der Waals surface area contributed by atoms with E-state index in [-0.39, 0.29) is 10.9 Å². The molecule has 1 heterocycles. The van der Waals surface area contributed by atoms with Gasteiger partial charge < -0.3 is 10.6 Å². The predicted molar refractivity (Wildman–Crippen MR) is 122 cm³/mol. The van der Waals surface area contributed by atoms with Gasteiger partial charge in [-0.3, -0.25) is 10.4 Å². The molecule has 0 radical (unpaired) electrons. The van der Waals surface area contributed by atoms with Crippen molar-refractivity contribution in [3.8, 4) is 0 Å². The lowest BCUT2D eigenvalue weighted by Crippen LogP contribution is -2.25. The summed E-state index contributed by atoms with van der Waals surface area (Å²) in [4.78, 5) is 4.52. The number of nitrogens with one attached hydrogen (secondary N) is 3. The van der Waals surface area contributed by atoms with Crippen LogP contribution in [0.25, 0.3) is 0 Å². The third-order valence-electron chi connectivity index (χ3n) is 4.17. The molecule has 5 nitrogen and oxygen atoms in total. The summed E-state index contributed by atoms with van der Waals surface area (Å²) < 4.78 is 13.6. The minimum absolute atomic E-state index is 0.226. The number of aliphatic imine (C=N–C) groups is 1. The lowest BCUT2D eigenvalue weighted by molar-refractivity contribution is 0.632. The molecule has 2 aromatic rings. The standard InChI is InChI=1S/C20H22FN5S2/c1-3-16-12-22-20(28-16)23-15-10-8-14(9-11-15)13(2)25-26-19(27)24-18-7-5-4-6-17(18)21/h4-11,16H,3,12H2,1-2H3,(H,22,23)(H2,24,26,27)/b25-13-/t16-/m1/s1. The van der Waals surface area contributed by atoms with Crippen LogP contribution in [0.5, 0.6) is 0 Å². The molecule has 1 atom stereocenters. The molecular formula is C20H22FN5S2. The molecule has 0 aliphatic carbocycles. The molecule has 146 valence electrons. The largest absolute Gasteiger partial charge is 0.335 e. The van der Waals surface area contributed by atoms with Gasteiger partial charge >= 0.3 is 0 Å². The first-order chi connectivity index (χ1) is 13.5. The van der Waals surface area contributed by atoms with Crippen molar-refractivity contribution in [1.82, 2.24) is 5.43 Å². The summed E-state index contributed by atoms with van der Waals surface area (Å²) in [6.45, 7) is 4.93. The Morgan fingerprint density at radius 3 is 2.68 bits per heavy atom. The molecule has 1 aliphatic rings. The fraction of sp³-hybridized carbons (Fsp3) is 0.250. The minimum atomic E-state index is -0.370. The van der Waals surface area contributed by atoms with Crippen molar-refractivity contribution in [1.29, 1.82) is 0 Å². The first kappa shape index (κ1) is 20.3. The summed E-state index contributed by atoms with van der Waals surface area (Å²) >= 11 is 6.95. The van der Waals surface area contributed by atoms with E-state index in [1.54, 1.807) is 30.0 Å². The molecule has 0 amide bonds. The van der Waals surface area contributed by atoms with Gasteiger partial charge in [0.2, 0.25) is 0 Å². The number of hydrogen-bond acceptors (Lipinski definition) is 5. The van der Waals surface area contributed by atoms with Crippen molar-refractivity contribution in [2.24, 2.45) is 10.1 Å². The van der Waals surface area contributed by atoms with Crippen LogP contribution >= 0.6 is 24.0 Å². The topological polar surface area (TPSA) is 60.8 Å². The van der Waals surface area contributed by atoms with Crippen molar-refractivity contribution in [2.75, 3.05) is 17.2 Å². The van der Waals surface area contributed by atoms with Crippen molar-refractivity contribution in [3.05, 3.63) is 59.9 Å². The van der Waals surface area contributed by atoms with Crippen LogP contribution in [0, 0.1) is 5.82 Å². The van der Waals surface area contributed by atoms with Crippen molar-refractivity contribution in [2.45, 2.75) is 25.5 Å². The van der Waals surface area contributed by atoms with Gasteiger partial charge in [0.25, 0.3) is 0 Å². The Balaban J connectivity index is 1.54. The molecule has 0 unspecified atom stereocenters. The van der Waals surface area contributed by atoms with E-state index in [2.05, 4.69) is 33.1 Å². The van der Waals surface area contributed by atoms with Crippen molar-refractivity contribution >= 4 is 51.3 Å². The monoisotopic (exact) mass is 415 g/mol. The van der Waals surface area contributed by atoms with Crippen LogP contribution in [0.1, 0.15) is 25.8 Å². The predicted octanol–water partition coefficient (Wildman–Crippen LogP) is 4.83. The Morgan fingerprint density at radius 1 is 1.25 bits per heavy atom. The highest BCUT2D eigenvalue weighted by molar-refractivity contribution is 8.15. The second-order valence-electron chi connectivity index (χ2n) is 6.24. The van der Waals surface area contributed by atoms with Crippen LogP contribution in [0.15, 0.2) is 58.6 Å². The first-order valence-corrected chi connectivity index (χ1v) is 10.3. The number of anilines is 2. The van der Waals surface area contributed by atoms with Crippen molar-refractivity contribution in [3.63, 3.8) is 0 Å². The number of hydrazone groups is 1. The van der Waals surface area contributed by atoms with Crippen LogP contribution in [0.4, 0.5) is 15.8 Å². The molecule has 2 aromatic carbocycles. The maximum atomic E-state index is 13.6. The number of nitrogens with zero attached hydrogens (tertiary/aromatic N) is 2. The second kappa shape index (κ2) is 9.66. The van der Waals surface area contributed by atoms with Crippen LogP contribution in [-0.4, -0.2) is 27.8 Å². The van der Waals surface area contributed by atoms with Crippen LogP contribution < -0.4 is 16.1 Å². The number of benzene rings is 2. The highest BCUT2D eigenvalue weighted by atomic mass is 32.2. The molecule has 8 heteroatoms. The highest BCUT2D eigenvalue weighted by Crippen LogP contribution is 2.24. The fourth-order valence-electron chi connectivity index (χ4n) is 2.53. The Morgan fingerprint density at radius 2 is 2.00 bits per heavy atom. The molecule has 0 saturated heterocycles. The fourth-order valence-corrected chi connectivity index (χ4v) is 3.64. The molecule has 1 aliphatic heterocycles. The molecule has 0 fully saturated rings. The summed E-state index contributed by atoms with van der Waals surface area (Å²) in [7, 11) is 0. The Bertz CT molecular complexity index is 896. The number of rotatable bonds is 5. The number of hydrogen-bond donors (Lipinski definition) is 3. The molecule has 3 N–H and O–H groups in total. The van der Waals surface area contributed by atoms with E-state index in [1.165, 1.54) is 6.07 Å². The third kappa shape index (κ3) is 5.53. The average molecular weight is 416 g/mol. The van der Waals surface area contributed by atoms with E-state index in [0.717, 1.165) is 35.1 Å². The Kier molecular flexibility index (Phi) is 7.00. The number of thioether (sulfide) groups is 1. The Hall–Kier alpha value is -2.45. The van der Waals surface area contributed by atoms with Crippen LogP contribution in [0.3, 0.4) is 0 Å². The molecule has 0 bridgehead atoms. The van der Waals surface area contributed by atoms with Crippen LogP contribution in [0.2, 0.25) is 0 Å². The molecule has 0 spiro atoms. The van der Waals surface area contributed by atoms with Gasteiger partial charge in [0, 0.05) is 10.9 Å². The van der Waals surface area contributed by atoms with Gasteiger partial charge in [0.15, 0.2) is 10.3 Å². The van der Waals surface area contributed by atoms with E-state index in [9.17, 15) is 4.39 Å².